The van der Waals surface area contributed by atoms with E-state index in [1.807, 2.05) is 13.0 Å². The van der Waals surface area contributed by atoms with Crippen LogP contribution in [0.25, 0.3) is 0 Å². The molecule has 2 N–H and O–H groups in total. The first kappa shape index (κ1) is 22.1. The number of hydrogen-bond donors (Lipinski definition) is 2. The lowest BCUT2D eigenvalue weighted by Gasteiger charge is -2.32. The molecule has 7 heteroatoms. The van der Waals surface area contributed by atoms with Crippen molar-refractivity contribution in [2.75, 3.05) is 39.4 Å². The summed E-state index contributed by atoms with van der Waals surface area (Å²) < 4.78 is 19.0. The molecule has 1 aromatic carbocycles. The highest BCUT2D eigenvalue weighted by atomic mass is 127. The van der Waals surface area contributed by atoms with Crippen LogP contribution in [0, 0.1) is 12.7 Å². The van der Waals surface area contributed by atoms with Crippen molar-refractivity contribution in [1.82, 2.24) is 15.5 Å². The molecule has 1 saturated heterocycles. The highest BCUT2D eigenvalue weighted by molar-refractivity contribution is 14.0. The molecule has 1 atom stereocenters. The monoisotopic (exact) mass is 464 g/mol. The van der Waals surface area contributed by atoms with Gasteiger partial charge >= 0.3 is 0 Å². The Balaban J connectivity index is 0.00000312. The van der Waals surface area contributed by atoms with E-state index in [-0.39, 0.29) is 29.8 Å². The van der Waals surface area contributed by atoms with Gasteiger partial charge < -0.3 is 15.4 Å². The van der Waals surface area contributed by atoms with Crippen LogP contribution in [0.5, 0.6) is 0 Å². The molecule has 0 aliphatic carbocycles. The fourth-order valence-corrected chi connectivity index (χ4v) is 2.64. The second-order valence-electron chi connectivity index (χ2n) is 6.16. The summed E-state index contributed by atoms with van der Waals surface area (Å²) in [6.07, 6.45) is 0. The molecule has 0 aromatic heterocycles. The Hall–Kier alpha value is -0.930. The highest BCUT2D eigenvalue weighted by Gasteiger charge is 2.16. The normalized spacial score (nSPS) is 16.9. The van der Waals surface area contributed by atoms with Crippen molar-refractivity contribution in [2.45, 2.75) is 33.4 Å². The highest BCUT2D eigenvalue weighted by Crippen LogP contribution is 2.10. The van der Waals surface area contributed by atoms with Crippen molar-refractivity contribution >= 4 is 29.9 Å². The van der Waals surface area contributed by atoms with Crippen molar-refractivity contribution in [2.24, 2.45) is 4.99 Å². The summed E-state index contributed by atoms with van der Waals surface area (Å²) in [5.41, 5.74) is 1.53. The fraction of sp³-hybridized carbons (Fsp3) is 0.611. The Morgan fingerprint density at radius 3 is 2.68 bits per heavy atom. The molecular weight excluding hydrogens is 434 g/mol. The summed E-state index contributed by atoms with van der Waals surface area (Å²) in [6.45, 7) is 11.6. The SMILES string of the molecule is CCNC(=NCc1ccc(C)c(F)c1)NCC(C)N1CCOCC1.I. The Morgan fingerprint density at radius 2 is 2.04 bits per heavy atom. The maximum absolute atomic E-state index is 13.6. The van der Waals surface area contributed by atoms with Crippen LogP contribution < -0.4 is 10.6 Å². The molecule has 1 aliphatic heterocycles. The van der Waals surface area contributed by atoms with Gasteiger partial charge in [-0.1, -0.05) is 12.1 Å². The zero-order valence-electron chi connectivity index (χ0n) is 15.3. The summed E-state index contributed by atoms with van der Waals surface area (Å²) in [4.78, 5) is 6.97. The molecule has 1 unspecified atom stereocenters. The number of aliphatic imine (C=N–C) groups is 1. The number of nitrogens with one attached hydrogen (secondary N) is 2. The molecule has 1 heterocycles. The second-order valence-corrected chi connectivity index (χ2v) is 6.16. The first-order chi connectivity index (χ1) is 11.6. The van der Waals surface area contributed by atoms with Crippen LogP contribution in [0.1, 0.15) is 25.0 Å². The number of benzene rings is 1. The molecule has 25 heavy (non-hydrogen) atoms. The maximum atomic E-state index is 13.6. The van der Waals surface area contributed by atoms with Crippen molar-refractivity contribution in [3.63, 3.8) is 0 Å². The molecule has 0 spiro atoms. The summed E-state index contributed by atoms with van der Waals surface area (Å²) in [5, 5.41) is 6.62. The van der Waals surface area contributed by atoms with Gasteiger partial charge in [0.05, 0.1) is 19.8 Å². The van der Waals surface area contributed by atoms with Crippen LogP contribution in [0.2, 0.25) is 0 Å². The lowest BCUT2D eigenvalue weighted by Crippen LogP contribution is -2.49. The topological polar surface area (TPSA) is 48.9 Å². The molecule has 1 aromatic rings. The molecule has 1 aliphatic rings. The van der Waals surface area contributed by atoms with Gasteiger partial charge in [0, 0.05) is 32.2 Å². The Kier molecular flexibility index (Phi) is 10.3. The van der Waals surface area contributed by atoms with Gasteiger partial charge in [-0.2, -0.15) is 0 Å². The van der Waals surface area contributed by atoms with Crippen molar-refractivity contribution in [1.29, 1.82) is 0 Å². The predicted molar refractivity (Wildman–Crippen MR) is 111 cm³/mol. The first-order valence-electron chi connectivity index (χ1n) is 8.69. The number of nitrogens with zero attached hydrogens (tertiary/aromatic N) is 2. The van der Waals surface area contributed by atoms with E-state index >= 15 is 0 Å². The average molecular weight is 464 g/mol. The van der Waals surface area contributed by atoms with Crippen LogP contribution in [0.4, 0.5) is 4.39 Å². The van der Waals surface area contributed by atoms with Crippen molar-refractivity contribution in [3.05, 3.63) is 35.1 Å². The average Bonchev–Trinajstić information content (AvgIpc) is 2.60. The summed E-state index contributed by atoms with van der Waals surface area (Å²) in [6, 6.07) is 5.68. The van der Waals surface area contributed by atoms with Crippen LogP contribution in [-0.2, 0) is 11.3 Å². The van der Waals surface area contributed by atoms with Gasteiger partial charge in [0.2, 0.25) is 0 Å². The van der Waals surface area contributed by atoms with Gasteiger partial charge in [0.1, 0.15) is 5.82 Å². The minimum absolute atomic E-state index is 0. The maximum Gasteiger partial charge on any atom is 0.191 e. The van der Waals surface area contributed by atoms with E-state index in [0.717, 1.165) is 50.9 Å². The summed E-state index contributed by atoms with van der Waals surface area (Å²) in [5.74, 6) is 0.584. The minimum Gasteiger partial charge on any atom is -0.379 e. The largest absolute Gasteiger partial charge is 0.379 e. The van der Waals surface area contributed by atoms with E-state index in [2.05, 4.69) is 27.4 Å². The quantitative estimate of drug-likeness (QED) is 0.386. The zero-order valence-corrected chi connectivity index (χ0v) is 17.7. The number of aryl methyl sites for hydroxylation is 1. The first-order valence-corrected chi connectivity index (χ1v) is 8.69. The molecule has 1 fully saturated rings. The van der Waals surface area contributed by atoms with E-state index in [0.29, 0.717) is 18.2 Å². The smallest absolute Gasteiger partial charge is 0.191 e. The van der Waals surface area contributed by atoms with E-state index in [1.165, 1.54) is 0 Å². The van der Waals surface area contributed by atoms with Crippen LogP contribution in [0.3, 0.4) is 0 Å². The molecular formula is C18H30FIN4O. The fourth-order valence-electron chi connectivity index (χ4n) is 2.64. The van der Waals surface area contributed by atoms with Gasteiger partial charge in [-0.25, -0.2) is 9.38 Å². The third kappa shape index (κ3) is 7.45. The van der Waals surface area contributed by atoms with E-state index in [4.69, 9.17) is 4.74 Å². The van der Waals surface area contributed by atoms with Crippen molar-refractivity contribution in [3.8, 4) is 0 Å². The molecule has 142 valence electrons. The van der Waals surface area contributed by atoms with Gasteiger partial charge in [-0.15, -0.1) is 24.0 Å². The van der Waals surface area contributed by atoms with E-state index < -0.39 is 0 Å². The van der Waals surface area contributed by atoms with E-state index in [1.54, 1.807) is 19.1 Å². The molecule has 0 saturated carbocycles. The predicted octanol–water partition coefficient (Wildman–Crippen LogP) is 2.53. The van der Waals surface area contributed by atoms with Crippen LogP contribution >= 0.6 is 24.0 Å². The standard InChI is InChI=1S/C18H29FN4O.HI/c1-4-20-18(21-12-15(3)23-7-9-24-10-8-23)22-13-16-6-5-14(2)17(19)11-16;/h5-6,11,15H,4,7-10,12-13H2,1-3H3,(H2,20,21,22);1H. The van der Waals surface area contributed by atoms with Gasteiger partial charge in [-0.3, -0.25) is 4.90 Å². The molecule has 0 radical (unpaired) electrons. The summed E-state index contributed by atoms with van der Waals surface area (Å²) >= 11 is 0. The minimum atomic E-state index is -0.179. The second kappa shape index (κ2) is 11.6. The third-order valence-corrected chi connectivity index (χ3v) is 4.23. The van der Waals surface area contributed by atoms with Crippen molar-refractivity contribution < 1.29 is 9.13 Å². The van der Waals surface area contributed by atoms with Crippen LogP contribution in [0.15, 0.2) is 23.2 Å². The molecule has 0 amide bonds. The molecule has 5 nitrogen and oxygen atoms in total. The Labute approximate surface area is 167 Å². The zero-order chi connectivity index (χ0) is 17.4. The number of morpholine rings is 1. The third-order valence-electron chi connectivity index (χ3n) is 4.23. The van der Waals surface area contributed by atoms with Crippen LogP contribution in [-0.4, -0.2) is 56.3 Å². The number of ether oxygens (including phenoxy) is 1. The number of halogens is 2. The Morgan fingerprint density at radius 1 is 1.32 bits per heavy atom. The Bertz CT molecular complexity index is 550. The van der Waals surface area contributed by atoms with E-state index in [9.17, 15) is 4.39 Å². The molecule has 0 bridgehead atoms. The lowest BCUT2D eigenvalue weighted by molar-refractivity contribution is 0.0211. The number of hydrogen-bond acceptors (Lipinski definition) is 3. The number of rotatable bonds is 6. The van der Waals surface area contributed by atoms with Gasteiger partial charge in [0.15, 0.2) is 5.96 Å². The molecule has 2 rings (SSSR count). The van der Waals surface area contributed by atoms with Gasteiger partial charge in [-0.05, 0) is 38.0 Å². The van der Waals surface area contributed by atoms with Gasteiger partial charge in [0.25, 0.3) is 0 Å². The number of guanidine groups is 1. The lowest BCUT2D eigenvalue weighted by atomic mass is 10.1. The summed E-state index contributed by atoms with van der Waals surface area (Å²) in [7, 11) is 0.